The van der Waals surface area contributed by atoms with Crippen molar-refractivity contribution in [2.75, 3.05) is 18.5 Å². The fourth-order valence-electron chi connectivity index (χ4n) is 1.76. The molecule has 4 N–H and O–H groups in total. The van der Waals surface area contributed by atoms with Gasteiger partial charge in [-0.1, -0.05) is 23.8 Å². The summed E-state index contributed by atoms with van der Waals surface area (Å²) in [5.74, 6) is 0. The number of benzene rings is 1. The Hall–Kier alpha value is -1.37. The van der Waals surface area contributed by atoms with Crippen LogP contribution in [0.3, 0.4) is 0 Å². The third-order valence-corrected chi connectivity index (χ3v) is 3.32. The fraction of sp³-hybridized carbons (Fsp3) is 0.333. The highest BCUT2D eigenvalue weighted by atomic mass is 35.5. The second-order valence-corrected chi connectivity index (χ2v) is 5.06. The zero-order chi connectivity index (χ0) is 13.8. The number of hydrogen-bond donors (Lipinski definition) is 3. The topological polar surface area (TPSA) is 76.4 Å². The SMILES string of the molecule is NC(=S)c1ccc(NC(=O)NC2CCOC2)c(Cl)c1. The van der Waals surface area contributed by atoms with E-state index in [1.54, 1.807) is 18.2 Å². The highest BCUT2D eigenvalue weighted by molar-refractivity contribution is 7.80. The minimum Gasteiger partial charge on any atom is -0.389 e. The molecule has 5 nitrogen and oxygen atoms in total. The average Bonchev–Trinajstić information content (AvgIpc) is 2.84. The molecule has 7 heteroatoms. The van der Waals surface area contributed by atoms with Gasteiger partial charge in [-0.05, 0) is 24.6 Å². The number of urea groups is 1. The maximum absolute atomic E-state index is 11.8. The number of nitrogens with two attached hydrogens (primary N) is 1. The van der Waals surface area contributed by atoms with Crippen LogP contribution in [-0.2, 0) is 4.74 Å². The first-order valence-corrected chi connectivity index (χ1v) is 6.59. The number of hydrogen-bond acceptors (Lipinski definition) is 3. The number of carbonyl (C=O) groups excluding carboxylic acids is 1. The number of halogens is 1. The van der Waals surface area contributed by atoms with Gasteiger partial charge >= 0.3 is 6.03 Å². The molecule has 0 bridgehead atoms. The van der Waals surface area contributed by atoms with E-state index in [4.69, 9.17) is 34.3 Å². The van der Waals surface area contributed by atoms with Crippen LogP contribution in [0.2, 0.25) is 5.02 Å². The van der Waals surface area contributed by atoms with Gasteiger partial charge in [0, 0.05) is 12.2 Å². The fourth-order valence-corrected chi connectivity index (χ4v) is 2.12. The Morgan fingerprint density at radius 2 is 2.32 bits per heavy atom. The smallest absolute Gasteiger partial charge is 0.319 e. The lowest BCUT2D eigenvalue weighted by atomic mass is 10.2. The molecular formula is C12H14ClN3O2S. The summed E-state index contributed by atoms with van der Waals surface area (Å²) in [7, 11) is 0. The molecule has 1 unspecified atom stereocenters. The summed E-state index contributed by atoms with van der Waals surface area (Å²) in [4.78, 5) is 12.0. The van der Waals surface area contributed by atoms with Crippen LogP contribution in [0.1, 0.15) is 12.0 Å². The van der Waals surface area contributed by atoms with Crippen LogP contribution in [-0.4, -0.2) is 30.3 Å². The summed E-state index contributed by atoms with van der Waals surface area (Å²) in [5.41, 5.74) is 6.68. The van der Waals surface area contributed by atoms with E-state index in [0.717, 1.165) is 6.42 Å². The van der Waals surface area contributed by atoms with Crippen molar-refractivity contribution in [3.05, 3.63) is 28.8 Å². The molecule has 0 aromatic heterocycles. The maximum atomic E-state index is 11.8. The van der Waals surface area contributed by atoms with E-state index in [9.17, 15) is 4.79 Å². The van der Waals surface area contributed by atoms with Crippen LogP contribution in [0.4, 0.5) is 10.5 Å². The van der Waals surface area contributed by atoms with E-state index in [1.165, 1.54) is 0 Å². The molecule has 1 atom stereocenters. The molecule has 102 valence electrons. The minimum absolute atomic E-state index is 0.0506. The van der Waals surface area contributed by atoms with Crippen molar-refractivity contribution in [2.45, 2.75) is 12.5 Å². The van der Waals surface area contributed by atoms with E-state index in [1.807, 2.05) is 0 Å². The summed E-state index contributed by atoms with van der Waals surface area (Å²) in [6.45, 7) is 1.22. The first-order chi connectivity index (χ1) is 9.06. The van der Waals surface area contributed by atoms with E-state index in [2.05, 4.69) is 10.6 Å². The maximum Gasteiger partial charge on any atom is 0.319 e. The van der Waals surface area contributed by atoms with Gasteiger partial charge in [0.05, 0.1) is 23.4 Å². The Balaban J connectivity index is 1.98. The molecule has 2 amide bonds. The first-order valence-electron chi connectivity index (χ1n) is 5.81. The van der Waals surface area contributed by atoms with Crippen LogP contribution in [0.5, 0.6) is 0 Å². The van der Waals surface area contributed by atoms with Gasteiger partial charge in [0.2, 0.25) is 0 Å². The second kappa shape index (κ2) is 6.18. The number of thiocarbonyl (C=S) groups is 1. The molecule has 1 aliphatic heterocycles. The van der Waals surface area contributed by atoms with Crippen molar-refractivity contribution in [3.63, 3.8) is 0 Å². The third-order valence-electron chi connectivity index (χ3n) is 2.77. The van der Waals surface area contributed by atoms with E-state index >= 15 is 0 Å². The van der Waals surface area contributed by atoms with Crippen LogP contribution in [0.25, 0.3) is 0 Å². The highest BCUT2D eigenvalue weighted by Crippen LogP contribution is 2.23. The minimum atomic E-state index is -0.305. The lowest BCUT2D eigenvalue weighted by Crippen LogP contribution is -2.38. The van der Waals surface area contributed by atoms with Gasteiger partial charge in [-0.3, -0.25) is 0 Å². The molecule has 1 aromatic rings. The van der Waals surface area contributed by atoms with Gasteiger partial charge in [-0.25, -0.2) is 4.79 Å². The quantitative estimate of drug-likeness (QED) is 0.745. The van der Waals surface area contributed by atoms with Crippen molar-refractivity contribution in [1.29, 1.82) is 0 Å². The molecule has 2 rings (SSSR count). The van der Waals surface area contributed by atoms with Crippen LogP contribution < -0.4 is 16.4 Å². The normalized spacial score (nSPS) is 18.1. The highest BCUT2D eigenvalue weighted by Gasteiger charge is 2.18. The lowest BCUT2D eigenvalue weighted by molar-refractivity contribution is 0.189. The van der Waals surface area contributed by atoms with Crippen molar-refractivity contribution < 1.29 is 9.53 Å². The van der Waals surface area contributed by atoms with Gasteiger partial charge < -0.3 is 21.1 Å². The molecule has 1 aliphatic rings. The van der Waals surface area contributed by atoms with Gasteiger partial charge in [0.1, 0.15) is 4.99 Å². The number of nitrogens with one attached hydrogen (secondary N) is 2. The predicted octanol–water partition coefficient (Wildman–Crippen LogP) is 1.88. The Bertz CT molecular complexity index is 504. The number of amides is 2. The van der Waals surface area contributed by atoms with E-state index in [0.29, 0.717) is 29.5 Å². The summed E-state index contributed by atoms with van der Waals surface area (Å²) >= 11 is 10.9. The van der Waals surface area contributed by atoms with E-state index < -0.39 is 0 Å². The summed E-state index contributed by atoms with van der Waals surface area (Å²) in [5, 5.41) is 5.88. The number of ether oxygens (including phenoxy) is 1. The number of carbonyl (C=O) groups is 1. The lowest BCUT2D eigenvalue weighted by Gasteiger charge is -2.13. The molecule has 19 heavy (non-hydrogen) atoms. The third kappa shape index (κ3) is 3.79. The Labute approximate surface area is 121 Å². The summed E-state index contributed by atoms with van der Waals surface area (Å²) < 4.78 is 5.18. The molecule has 1 aromatic carbocycles. The summed E-state index contributed by atoms with van der Waals surface area (Å²) in [6, 6.07) is 4.75. The van der Waals surface area contributed by atoms with Gasteiger partial charge in [-0.2, -0.15) is 0 Å². The molecule has 0 radical (unpaired) electrons. The monoisotopic (exact) mass is 299 g/mol. The van der Waals surface area contributed by atoms with Crippen LogP contribution in [0.15, 0.2) is 18.2 Å². The van der Waals surface area contributed by atoms with E-state index in [-0.39, 0.29) is 17.1 Å². The standard InChI is InChI=1S/C12H14ClN3O2S/c13-9-5-7(11(14)19)1-2-10(9)16-12(17)15-8-3-4-18-6-8/h1-2,5,8H,3-4,6H2,(H2,14,19)(H2,15,16,17). The van der Waals surface area contributed by atoms with Crippen LogP contribution >= 0.6 is 23.8 Å². The zero-order valence-electron chi connectivity index (χ0n) is 10.1. The second-order valence-electron chi connectivity index (χ2n) is 4.22. The molecule has 1 saturated heterocycles. The molecule has 1 heterocycles. The Kier molecular flexibility index (Phi) is 4.57. The first kappa shape index (κ1) is 14.0. The van der Waals surface area contributed by atoms with Gasteiger partial charge in [-0.15, -0.1) is 0 Å². The predicted molar refractivity (Wildman–Crippen MR) is 78.7 cm³/mol. The Morgan fingerprint density at radius 1 is 1.53 bits per heavy atom. The zero-order valence-corrected chi connectivity index (χ0v) is 11.7. The molecule has 0 aliphatic carbocycles. The molecular weight excluding hydrogens is 286 g/mol. The van der Waals surface area contributed by atoms with Gasteiger partial charge in [0.15, 0.2) is 0 Å². The van der Waals surface area contributed by atoms with Crippen molar-refractivity contribution in [1.82, 2.24) is 5.32 Å². The number of anilines is 1. The molecule has 1 fully saturated rings. The average molecular weight is 300 g/mol. The molecule has 0 spiro atoms. The van der Waals surface area contributed by atoms with Crippen molar-refractivity contribution >= 4 is 40.5 Å². The number of rotatable bonds is 3. The largest absolute Gasteiger partial charge is 0.389 e. The van der Waals surface area contributed by atoms with Crippen molar-refractivity contribution in [3.8, 4) is 0 Å². The Morgan fingerprint density at radius 3 is 2.89 bits per heavy atom. The molecule has 0 saturated carbocycles. The van der Waals surface area contributed by atoms with Gasteiger partial charge in [0.25, 0.3) is 0 Å². The van der Waals surface area contributed by atoms with Crippen LogP contribution in [0, 0.1) is 0 Å². The summed E-state index contributed by atoms with van der Waals surface area (Å²) in [6.07, 6.45) is 0.821. The van der Waals surface area contributed by atoms with Crippen molar-refractivity contribution in [2.24, 2.45) is 5.73 Å².